The van der Waals surface area contributed by atoms with Gasteiger partial charge in [0.25, 0.3) is 10.0 Å². The van der Waals surface area contributed by atoms with Crippen molar-refractivity contribution in [3.63, 3.8) is 0 Å². The largest absolute Gasteiger partial charge is 0.480 e. The number of carboxylic acids is 1. The molecule has 1 aromatic carbocycles. The number of hydrogen-bond donors (Lipinski definition) is 2. The molecule has 1 aliphatic rings. The summed E-state index contributed by atoms with van der Waals surface area (Å²) in [5.74, 6) is -0.100. The molecular formula is C17H24N2O4S2. The number of nitrogens with one attached hydrogen (secondary N) is 1. The Morgan fingerprint density at radius 2 is 1.96 bits per heavy atom. The summed E-state index contributed by atoms with van der Waals surface area (Å²) in [6, 6.07) is 7.38. The number of hydrogen-bond acceptors (Lipinski definition) is 5. The molecule has 0 radical (unpaired) electrons. The van der Waals surface area contributed by atoms with Crippen molar-refractivity contribution in [3.05, 3.63) is 30.3 Å². The highest BCUT2D eigenvalue weighted by atomic mass is 32.2. The number of carbonyl (C=O) groups is 1. The summed E-state index contributed by atoms with van der Waals surface area (Å²) in [4.78, 5) is 11.5. The lowest BCUT2D eigenvalue weighted by Gasteiger charge is -2.24. The van der Waals surface area contributed by atoms with Gasteiger partial charge in [0.15, 0.2) is 0 Å². The monoisotopic (exact) mass is 384 g/mol. The van der Waals surface area contributed by atoms with E-state index in [4.69, 9.17) is 0 Å². The maximum Gasteiger partial charge on any atom is 0.320 e. The van der Waals surface area contributed by atoms with E-state index in [1.165, 1.54) is 36.9 Å². The average molecular weight is 385 g/mol. The van der Waals surface area contributed by atoms with Gasteiger partial charge in [0.1, 0.15) is 6.04 Å². The van der Waals surface area contributed by atoms with E-state index in [2.05, 4.69) is 9.71 Å². The SMILES string of the molecule is O=C(O)[C@H](CC1CCCCC1)NCS/C=N/S(=O)(=O)c1ccccc1. The van der Waals surface area contributed by atoms with Gasteiger partial charge < -0.3 is 5.11 Å². The van der Waals surface area contributed by atoms with Crippen LogP contribution < -0.4 is 5.32 Å². The van der Waals surface area contributed by atoms with Crippen molar-refractivity contribution >= 4 is 33.3 Å². The molecule has 0 unspecified atom stereocenters. The quantitative estimate of drug-likeness (QED) is 0.294. The summed E-state index contributed by atoms with van der Waals surface area (Å²) in [7, 11) is -3.70. The van der Waals surface area contributed by atoms with Crippen LogP contribution in [0.25, 0.3) is 0 Å². The van der Waals surface area contributed by atoms with E-state index in [-0.39, 0.29) is 4.90 Å². The van der Waals surface area contributed by atoms with E-state index in [0.29, 0.717) is 18.2 Å². The Hall–Kier alpha value is -1.38. The zero-order chi connectivity index (χ0) is 18.1. The van der Waals surface area contributed by atoms with Crippen molar-refractivity contribution < 1.29 is 18.3 Å². The standard InChI is InChI=1S/C17H24N2O4S2/c20-17(21)16(11-14-7-3-1-4-8-14)18-12-24-13-19-25(22,23)15-9-5-2-6-10-15/h2,5-6,9-10,13-14,16,18H,1,3-4,7-8,11-12H2,(H,20,21)/b19-13+/t16-/m0/s1. The lowest BCUT2D eigenvalue weighted by molar-refractivity contribution is -0.139. The molecule has 8 heteroatoms. The molecule has 2 rings (SSSR count). The van der Waals surface area contributed by atoms with E-state index in [1.54, 1.807) is 18.2 Å². The average Bonchev–Trinajstić information content (AvgIpc) is 2.62. The fraction of sp³-hybridized carbons (Fsp3) is 0.529. The van der Waals surface area contributed by atoms with Gasteiger partial charge >= 0.3 is 5.97 Å². The molecule has 0 bridgehead atoms. The summed E-state index contributed by atoms with van der Waals surface area (Å²) in [6.07, 6.45) is 6.40. The Labute approximate surface area is 153 Å². The molecule has 1 saturated carbocycles. The van der Waals surface area contributed by atoms with Gasteiger partial charge in [-0.1, -0.05) is 62.1 Å². The smallest absolute Gasteiger partial charge is 0.320 e. The third-order valence-electron chi connectivity index (χ3n) is 4.30. The van der Waals surface area contributed by atoms with Crippen LogP contribution in [0.15, 0.2) is 39.6 Å². The molecule has 0 amide bonds. The third kappa shape index (κ3) is 6.80. The normalized spacial score (nSPS) is 17.6. The zero-order valence-corrected chi connectivity index (χ0v) is 15.6. The Morgan fingerprint density at radius 3 is 2.60 bits per heavy atom. The first-order chi connectivity index (χ1) is 12.0. The second kappa shape index (κ2) is 9.94. The van der Waals surface area contributed by atoms with Crippen LogP contribution in [0.3, 0.4) is 0 Å². The van der Waals surface area contributed by atoms with Crippen molar-refractivity contribution in [2.45, 2.75) is 49.5 Å². The van der Waals surface area contributed by atoms with Gasteiger partial charge in [0.2, 0.25) is 0 Å². The van der Waals surface area contributed by atoms with E-state index >= 15 is 0 Å². The molecule has 0 heterocycles. The first kappa shape index (κ1) is 19.9. The first-order valence-electron chi connectivity index (χ1n) is 8.40. The van der Waals surface area contributed by atoms with Gasteiger partial charge in [-0.15, -0.1) is 0 Å². The van der Waals surface area contributed by atoms with Crippen LogP contribution in [0.2, 0.25) is 0 Å². The van der Waals surface area contributed by atoms with E-state index in [1.807, 2.05) is 0 Å². The number of sulfonamides is 1. The molecule has 1 aliphatic carbocycles. The Kier molecular flexibility index (Phi) is 7.92. The molecule has 138 valence electrons. The molecule has 1 atom stereocenters. The van der Waals surface area contributed by atoms with Gasteiger partial charge in [-0.3, -0.25) is 10.1 Å². The maximum atomic E-state index is 12.0. The van der Waals surface area contributed by atoms with Crippen LogP contribution in [0.5, 0.6) is 0 Å². The number of benzene rings is 1. The predicted octanol–water partition coefficient (Wildman–Crippen LogP) is 3.11. The summed E-state index contributed by atoms with van der Waals surface area (Å²) in [5.41, 5.74) is 1.24. The van der Waals surface area contributed by atoms with E-state index < -0.39 is 22.0 Å². The minimum Gasteiger partial charge on any atom is -0.480 e. The molecule has 0 aliphatic heterocycles. The molecule has 0 spiro atoms. The van der Waals surface area contributed by atoms with Crippen LogP contribution in [0.1, 0.15) is 38.5 Å². The number of nitrogens with zero attached hydrogens (tertiary/aromatic N) is 1. The number of aliphatic carboxylic acids is 1. The number of thioether (sulfide) groups is 1. The number of carboxylic acid groups (broad SMARTS) is 1. The topological polar surface area (TPSA) is 95.8 Å². The van der Waals surface area contributed by atoms with Crippen molar-refractivity contribution in [1.29, 1.82) is 0 Å². The van der Waals surface area contributed by atoms with Gasteiger partial charge in [-0.2, -0.15) is 12.8 Å². The Balaban J connectivity index is 1.78. The molecule has 0 saturated heterocycles. The van der Waals surface area contributed by atoms with Crippen molar-refractivity contribution in [2.24, 2.45) is 10.3 Å². The lowest BCUT2D eigenvalue weighted by Crippen LogP contribution is -2.38. The summed E-state index contributed by atoms with van der Waals surface area (Å²) < 4.78 is 27.6. The number of rotatable bonds is 9. The van der Waals surface area contributed by atoms with Crippen LogP contribution in [0.4, 0.5) is 0 Å². The maximum absolute atomic E-state index is 12.0. The fourth-order valence-electron chi connectivity index (χ4n) is 2.95. The molecule has 1 aromatic rings. The summed E-state index contributed by atoms with van der Waals surface area (Å²) >= 11 is 1.14. The Morgan fingerprint density at radius 1 is 1.28 bits per heavy atom. The van der Waals surface area contributed by atoms with Crippen LogP contribution >= 0.6 is 11.8 Å². The second-order valence-electron chi connectivity index (χ2n) is 6.14. The molecule has 2 N–H and O–H groups in total. The molecule has 6 nitrogen and oxygen atoms in total. The highest BCUT2D eigenvalue weighted by Gasteiger charge is 2.23. The fourth-order valence-corrected chi connectivity index (χ4v) is 4.65. The lowest BCUT2D eigenvalue weighted by atomic mass is 9.85. The second-order valence-corrected chi connectivity index (χ2v) is 8.61. The van der Waals surface area contributed by atoms with Gasteiger partial charge in [0, 0.05) is 5.88 Å². The third-order valence-corrected chi connectivity index (χ3v) is 6.27. The predicted molar refractivity (Wildman–Crippen MR) is 100 cm³/mol. The minimum atomic E-state index is -3.70. The molecule has 25 heavy (non-hydrogen) atoms. The van der Waals surface area contributed by atoms with Crippen LogP contribution in [-0.2, 0) is 14.8 Å². The minimum absolute atomic E-state index is 0.139. The van der Waals surface area contributed by atoms with E-state index in [0.717, 1.165) is 24.6 Å². The van der Waals surface area contributed by atoms with Crippen molar-refractivity contribution in [3.8, 4) is 0 Å². The Bertz CT molecular complexity index is 671. The van der Waals surface area contributed by atoms with Gasteiger partial charge in [0.05, 0.1) is 10.4 Å². The summed E-state index contributed by atoms with van der Waals surface area (Å²) in [5, 5.41) is 12.3. The molecular weight excluding hydrogens is 360 g/mol. The van der Waals surface area contributed by atoms with Crippen LogP contribution in [-0.4, -0.2) is 37.0 Å². The molecule has 0 aromatic heterocycles. The van der Waals surface area contributed by atoms with E-state index in [9.17, 15) is 18.3 Å². The highest BCUT2D eigenvalue weighted by Crippen LogP contribution is 2.27. The van der Waals surface area contributed by atoms with Crippen molar-refractivity contribution in [1.82, 2.24) is 5.32 Å². The highest BCUT2D eigenvalue weighted by molar-refractivity contribution is 8.12. The first-order valence-corrected chi connectivity index (χ1v) is 10.9. The molecule has 1 fully saturated rings. The van der Waals surface area contributed by atoms with Gasteiger partial charge in [-0.05, 0) is 24.5 Å². The van der Waals surface area contributed by atoms with Gasteiger partial charge in [-0.25, -0.2) is 0 Å². The summed E-state index contributed by atoms with van der Waals surface area (Å²) in [6.45, 7) is 0. The van der Waals surface area contributed by atoms with Crippen LogP contribution in [0, 0.1) is 5.92 Å². The van der Waals surface area contributed by atoms with Crippen molar-refractivity contribution in [2.75, 3.05) is 5.88 Å². The zero-order valence-electron chi connectivity index (χ0n) is 14.0.